The van der Waals surface area contributed by atoms with Crippen LogP contribution in [0.25, 0.3) is 12.2 Å². The van der Waals surface area contributed by atoms with Crippen LogP contribution in [0.4, 0.5) is 5.69 Å². The van der Waals surface area contributed by atoms with Crippen molar-refractivity contribution in [3.63, 3.8) is 0 Å². The average Bonchev–Trinajstić information content (AvgIpc) is 2.44. The number of nitrogens with one attached hydrogen (secondary N) is 2. The Morgan fingerprint density at radius 1 is 1.14 bits per heavy atom. The molecule has 0 amide bonds. The van der Waals surface area contributed by atoms with E-state index in [0.29, 0.717) is 0 Å². The van der Waals surface area contributed by atoms with Gasteiger partial charge in [-0.05, 0) is 30.0 Å². The van der Waals surface area contributed by atoms with E-state index in [9.17, 15) is 19.7 Å². The summed E-state index contributed by atoms with van der Waals surface area (Å²) in [5.74, 6) is 0. The second kappa shape index (κ2) is 6.23. The minimum absolute atomic E-state index is 0.136. The highest BCUT2D eigenvalue weighted by molar-refractivity contribution is 7.98. The van der Waals surface area contributed by atoms with Crippen molar-refractivity contribution in [2.45, 2.75) is 4.90 Å². The van der Waals surface area contributed by atoms with Crippen molar-refractivity contribution >= 4 is 29.6 Å². The summed E-state index contributed by atoms with van der Waals surface area (Å²) in [4.78, 5) is 37.9. The minimum atomic E-state index is -1.03. The Morgan fingerprint density at radius 2 is 1.81 bits per heavy atom. The quantitative estimate of drug-likeness (QED) is 0.509. The minimum Gasteiger partial charge on any atom is -0.301 e. The van der Waals surface area contributed by atoms with E-state index in [4.69, 9.17) is 0 Å². The molecule has 1 heterocycles. The van der Waals surface area contributed by atoms with Crippen LogP contribution in [0.1, 0.15) is 11.3 Å². The smallest absolute Gasteiger partial charge is 0.301 e. The van der Waals surface area contributed by atoms with E-state index in [1.165, 1.54) is 6.08 Å². The van der Waals surface area contributed by atoms with Gasteiger partial charge in [0.05, 0.1) is 4.92 Å². The van der Waals surface area contributed by atoms with Crippen LogP contribution in [-0.4, -0.2) is 21.1 Å². The molecule has 0 saturated carbocycles. The third-order valence-electron chi connectivity index (χ3n) is 2.69. The van der Waals surface area contributed by atoms with Gasteiger partial charge in [0.2, 0.25) is 0 Å². The molecule has 0 bridgehead atoms. The first-order valence-electron chi connectivity index (χ1n) is 5.84. The topological polar surface area (TPSA) is 109 Å². The van der Waals surface area contributed by atoms with Crippen molar-refractivity contribution in [2.24, 2.45) is 0 Å². The summed E-state index contributed by atoms with van der Waals surface area (Å²) >= 11 is 1.60. The number of hydrogen-bond donors (Lipinski definition) is 2. The molecule has 1 aromatic heterocycles. The highest BCUT2D eigenvalue weighted by atomic mass is 32.2. The van der Waals surface area contributed by atoms with Crippen LogP contribution in [0.5, 0.6) is 0 Å². The fourth-order valence-corrected chi connectivity index (χ4v) is 2.10. The van der Waals surface area contributed by atoms with Crippen molar-refractivity contribution in [2.75, 3.05) is 6.26 Å². The van der Waals surface area contributed by atoms with Crippen LogP contribution in [0, 0.1) is 10.1 Å². The molecule has 2 aromatic rings. The van der Waals surface area contributed by atoms with E-state index < -0.39 is 21.9 Å². The van der Waals surface area contributed by atoms with Gasteiger partial charge in [-0.15, -0.1) is 11.8 Å². The lowest BCUT2D eigenvalue weighted by atomic mass is 10.2. The van der Waals surface area contributed by atoms with Crippen molar-refractivity contribution in [3.05, 3.63) is 66.5 Å². The first-order chi connectivity index (χ1) is 10.0. The van der Waals surface area contributed by atoms with Crippen molar-refractivity contribution in [1.82, 2.24) is 9.97 Å². The Balaban J connectivity index is 2.42. The highest BCUT2D eigenvalue weighted by Gasteiger charge is 2.18. The molecule has 7 nitrogen and oxygen atoms in total. The Kier molecular flexibility index (Phi) is 4.39. The predicted molar refractivity (Wildman–Crippen MR) is 81.5 cm³/mol. The predicted octanol–water partition coefficient (Wildman–Crippen LogP) is 1.86. The van der Waals surface area contributed by atoms with Crippen molar-refractivity contribution in [3.8, 4) is 0 Å². The summed E-state index contributed by atoms with van der Waals surface area (Å²) < 4.78 is 0. The standard InChI is InChI=1S/C13H11N3O4S/c1-21-9-5-2-8(3-6-9)4-7-10-11(16(19)20)12(17)15-13(18)14-10/h2-7H,1H3,(H2,14,15,17,18). The van der Waals surface area contributed by atoms with Crippen LogP contribution in [-0.2, 0) is 0 Å². The molecule has 0 atom stereocenters. The third kappa shape index (κ3) is 3.48. The summed E-state index contributed by atoms with van der Waals surface area (Å²) in [7, 11) is 0. The van der Waals surface area contributed by atoms with E-state index in [2.05, 4.69) is 4.98 Å². The number of hydrogen-bond acceptors (Lipinski definition) is 5. The SMILES string of the molecule is CSc1ccc(C=Cc2[nH]c(=O)[nH]c(=O)c2[N+](=O)[O-])cc1. The fourth-order valence-electron chi connectivity index (χ4n) is 1.69. The van der Waals surface area contributed by atoms with E-state index in [1.54, 1.807) is 17.8 Å². The molecular weight excluding hydrogens is 294 g/mol. The lowest BCUT2D eigenvalue weighted by molar-refractivity contribution is -0.386. The van der Waals surface area contributed by atoms with Gasteiger partial charge in [0.1, 0.15) is 5.69 Å². The van der Waals surface area contributed by atoms with Crippen LogP contribution in [0.2, 0.25) is 0 Å². The summed E-state index contributed by atoms with van der Waals surface area (Å²) in [5, 5.41) is 10.9. The molecule has 0 spiro atoms. The molecule has 2 rings (SSSR count). The number of thioether (sulfide) groups is 1. The van der Waals surface area contributed by atoms with E-state index in [1.807, 2.05) is 35.5 Å². The number of H-pyrrole nitrogens is 2. The molecule has 0 aliphatic carbocycles. The zero-order valence-electron chi connectivity index (χ0n) is 11.0. The van der Waals surface area contributed by atoms with Crippen LogP contribution in [0.15, 0.2) is 38.8 Å². The summed E-state index contributed by atoms with van der Waals surface area (Å²) in [5.41, 5.74) is -1.85. The maximum absolute atomic E-state index is 11.4. The van der Waals surface area contributed by atoms with Crippen LogP contribution in [0.3, 0.4) is 0 Å². The van der Waals surface area contributed by atoms with Crippen LogP contribution >= 0.6 is 11.8 Å². The van der Waals surface area contributed by atoms with E-state index in [-0.39, 0.29) is 5.69 Å². The number of rotatable bonds is 4. The first-order valence-corrected chi connectivity index (χ1v) is 7.07. The molecule has 0 aliphatic heterocycles. The molecule has 1 aromatic carbocycles. The Morgan fingerprint density at radius 3 is 2.38 bits per heavy atom. The van der Waals surface area contributed by atoms with Gasteiger partial charge in [0.25, 0.3) is 0 Å². The van der Waals surface area contributed by atoms with Crippen LogP contribution < -0.4 is 11.2 Å². The third-order valence-corrected chi connectivity index (χ3v) is 3.43. The van der Waals surface area contributed by atoms with Crippen molar-refractivity contribution in [1.29, 1.82) is 0 Å². The molecule has 0 aliphatic rings. The Bertz CT molecular complexity index is 805. The van der Waals surface area contributed by atoms with Gasteiger partial charge >= 0.3 is 16.9 Å². The molecule has 0 unspecified atom stereocenters. The van der Waals surface area contributed by atoms with Gasteiger partial charge in [-0.1, -0.05) is 18.2 Å². The number of nitrogens with zero attached hydrogens (tertiary/aromatic N) is 1. The lowest BCUT2D eigenvalue weighted by Gasteiger charge is -1.98. The molecule has 108 valence electrons. The average molecular weight is 305 g/mol. The lowest BCUT2D eigenvalue weighted by Crippen LogP contribution is -2.25. The molecule has 0 radical (unpaired) electrons. The van der Waals surface area contributed by atoms with Gasteiger partial charge < -0.3 is 4.98 Å². The molecule has 21 heavy (non-hydrogen) atoms. The Hall–Kier alpha value is -2.61. The van der Waals surface area contributed by atoms with Gasteiger partial charge in [-0.2, -0.15) is 0 Å². The van der Waals surface area contributed by atoms with Gasteiger partial charge in [0, 0.05) is 4.90 Å². The largest absolute Gasteiger partial charge is 0.357 e. The normalized spacial score (nSPS) is 10.9. The summed E-state index contributed by atoms with van der Waals surface area (Å²) in [6, 6.07) is 7.47. The molecule has 8 heteroatoms. The summed E-state index contributed by atoms with van der Waals surface area (Å²) in [6.07, 6.45) is 4.87. The number of aromatic amines is 2. The molecular formula is C13H11N3O4S. The van der Waals surface area contributed by atoms with Gasteiger partial charge in [-0.25, -0.2) is 4.79 Å². The van der Waals surface area contributed by atoms with Gasteiger partial charge in [-0.3, -0.25) is 19.9 Å². The number of benzene rings is 1. The zero-order valence-corrected chi connectivity index (χ0v) is 11.8. The molecule has 0 saturated heterocycles. The molecule has 0 fully saturated rings. The fraction of sp³-hybridized carbons (Fsp3) is 0.0769. The number of nitro groups is 1. The second-order valence-corrected chi connectivity index (χ2v) is 4.91. The maximum atomic E-state index is 11.4. The second-order valence-electron chi connectivity index (χ2n) is 4.03. The van der Waals surface area contributed by atoms with Crippen molar-refractivity contribution < 1.29 is 4.92 Å². The van der Waals surface area contributed by atoms with E-state index in [0.717, 1.165) is 10.5 Å². The Labute approximate surface area is 122 Å². The monoisotopic (exact) mass is 305 g/mol. The number of aromatic nitrogens is 2. The van der Waals surface area contributed by atoms with Gasteiger partial charge in [0.15, 0.2) is 0 Å². The highest BCUT2D eigenvalue weighted by Crippen LogP contribution is 2.17. The maximum Gasteiger partial charge on any atom is 0.357 e. The first kappa shape index (κ1) is 14.8. The zero-order chi connectivity index (χ0) is 15.4. The molecule has 2 N–H and O–H groups in total. The summed E-state index contributed by atoms with van der Waals surface area (Å²) in [6.45, 7) is 0. The van der Waals surface area contributed by atoms with E-state index >= 15 is 0 Å².